The van der Waals surface area contributed by atoms with Crippen LogP contribution in [0.3, 0.4) is 0 Å². The lowest BCUT2D eigenvalue weighted by atomic mass is 10.2. The number of ether oxygens (including phenoxy) is 1. The molecule has 0 unspecified atom stereocenters. The predicted molar refractivity (Wildman–Crippen MR) is 118 cm³/mol. The van der Waals surface area contributed by atoms with Crippen molar-refractivity contribution < 1.29 is 9.53 Å². The number of amides is 1. The molecular weight excluding hydrogens is 414 g/mol. The molecule has 0 atom stereocenters. The lowest BCUT2D eigenvalue weighted by Crippen LogP contribution is -2.48. The molecule has 0 N–H and O–H groups in total. The number of nitrogens with zero attached hydrogens (tertiary/aromatic N) is 3. The van der Waals surface area contributed by atoms with Gasteiger partial charge in [-0.1, -0.05) is 35.1 Å². The van der Waals surface area contributed by atoms with Gasteiger partial charge in [0.05, 0.1) is 22.4 Å². The first-order valence-corrected chi connectivity index (χ1v) is 11.3. The molecule has 4 rings (SSSR count). The average Bonchev–Trinajstić information content (AvgIpc) is 3.20. The van der Waals surface area contributed by atoms with Crippen LogP contribution in [-0.4, -0.2) is 55.3 Å². The van der Waals surface area contributed by atoms with Gasteiger partial charge in [0.15, 0.2) is 5.13 Å². The summed E-state index contributed by atoms with van der Waals surface area (Å²) in [6.45, 7) is 2.82. The largest absolute Gasteiger partial charge is 0.494 e. The lowest BCUT2D eigenvalue weighted by molar-refractivity contribution is 0.0743. The van der Waals surface area contributed by atoms with Gasteiger partial charge in [0.25, 0.3) is 5.91 Å². The number of carbonyl (C=O) groups excluding carboxylic acids is 1. The maximum absolute atomic E-state index is 12.9. The van der Waals surface area contributed by atoms with Gasteiger partial charge in [-0.2, -0.15) is 0 Å². The number of aromatic nitrogens is 1. The van der Waals surface area contributed by atoms with Gasteiger partial charge in [0.1, 0.15) is 11.3 Å². The Kier molecular flexibility index (Phi) is 5.66. The summed E-state index contributed by atoms with van der Waals surface area (Å²) in [5.41, 5.74) is 1.57. The highest BCUT2D eigenvalue weighted by atomic mass is 35.5. The van der Waals surface area contributed by atoms with Crippen LogP contribution in [0.2, 0.25) is 5.02 Å². The molecule has 1 fully saturated rings. The number of halogens is 1. The van der Waals surface area contributed by atoms with Crippen molar-refractivity contribution in [2.75, 3.05) is 44.4 Å². The van der Waals surface area contributed by atoms with Gasteiger partial charge in [0, 0.05) is 31.1 Å². The van der Waals surface area contributed by atoms with Gasteiger partial charge in [-0.15, -0.1) is 11.8 Å². The molecule has 1 aliphatic heterocycles. The van der Waals surface area contributed by atoms with Crippen LogP contribution < -0.4 is 9.64 Å². The molecule has 3 aromatic rings. The van der Waals surface area contributed by atoms with E-state index in [1.165, 1.54) is 0 Å². The SMILES string of the molecule is COc1ccc(Cl)c2sc(N3CCN(C(=O)c4ccccc4SC)CC3)nc12. The molecule has 0 aliphatic carbocycles. The Bertz CT molecular complexity index is 1020. The summed E-state index contributed by atoms with van der Waals surface area (Å²) in [5.74, 6) is 0.822. The average molecular weight is 434 g/mol. The Morgan fingerprint density at radius 1 is 1.18 bits per heavy atom. The quantitative estimate of drug-likeness (QED) is 0.561. The minimum Gasteiger partial charge on any atom is -0.494 e. The highest BCUT2D eigenvalue weighted by Gasteiger charge is 2.25. The van der Waals surface area contributed by atoms with Gasteiger partial charge < -0.3 is 14.5 Å². The molecule has 0 saturated carbocycles. The molecule has 1 saturated heterocycles. The summed E-state index contributed by atoms with van der Waals surface area (Å²) in [4.78, 5) is 22.8. The fraction of sp³-hybridized carbons (Fsp3) is 0.300. The normalized spacial score (nSPS) is 14.5. The number of rotatable bonds is 4. The Morgan fingerprint density at radius 2 is 1.93 bits per heavy atom. The molecule has 146 valence electrons. The molecule has 8 heteroatoms. The van der Waals surface area contributed by atoms with E-state index in [0.29, 0.717) is 18.1 Å². The van der Waals surface area contributed by atoms with Crippen molar-refractivity contribution in [3.8, 4) is 5.75 Å². The number of methoxy groups -OCH3 is 1. The van der Waals surface area contributed by atoms with E-state index in [0.717, 1.165) is 44.6 Å². The van der Waals surface area contributed by atoms with Gasteiger partial charge >= 0.3 is 0 Å². The first-order chi connectivity index (χ1) is 13.6. The Morgan fingerprint density at radius 3 is 2.64 bits per heavy atom. The monoisotopic (exact) mass is 433 g/mol. The third-order valence-electron chi connectivity index (χ3n) is 4.84. The van der Waals surface area contributed by atoms with Gasteiger partial charge in [-0.05, 0) is 30.5 Å². The van der Waals surface area contributed by atoms with Crippen molar-refractivity contribution in [1.82, 2.24) is 9.88 Å². The molecule has 2 heterocycles. The summed E-state index contributed by atoms with van der Waals surface area (Å²) in [6, 6.07) is 11.5. The van der Waals surface area contributed by atoms with Gasteiger partial charge in [0.2, 0.25) is 0 Å². The zero-order chi connectivity index (χ0) is 19.7. The highest BCUT2D eigenvalue weighted by Crippen LogP contribution is 2.38. The smallest absolute Gasteiger partial charge is 0.255 e. The second-order valence-electron chi connectivity index (χ2n) is 6.40. The number of hydrogen-bond acceptors (Lipinski definition) is 6. The predicted octanol–water partition coefficient (Wildman–Crippen LogP) is 4.64. The molecule has 1 aromatic heterocycles. The standard InChI is InChI=1S/C20H20ClN3O2S2/c1-26-15-8-7-14(21)18-17(15)22-20(28-18)24-11-9-23(10-12-24)19(25)13-5-3-4-6-16(13)27-2/h3-8H,9-12H2,1-2H3. The topological polar surface area (TPSA) is 45.7 Å². The number of thiazole rings is 1. The van der Waals surface area contributed by atoms with E-state index < -0.39 is 0 Å². The Hall–Kier alpha value is -1.96. The van der Waals surface area contributed by atoms with E-state index in [2.05, 4.69) is 4.90 Å². The van der Waals surface area contributed by atoms with Crippen LogP contribution in [0.1, 0.15) is 10.4 Å². The molecule has 0 spiro atoms. The van der Waals surface area contributed by atoms with Crippen molar-refractivity contribution in [2.24, 2.45) is 0 Å². The molecule has 2 aromatic carbocycles. The van der Waals surface area contributed by atoms with Crippen LogP contribution in [0.5, 0.6) is 5.75 Å². The molecule has 5 nitrogen and oxygen atoms in total. The molecule has 1 aliphatic rings. The summed E-state index contributed by atoms with van der Waals surface area (Å²) >= 11 is 9.51. The fourth-order valence-corrected chi connectivity index (χ4v) is 5.23. The minimum atomic E-state index is 0.0959. The summed E-state index contributed by atoms with van der Waals surface area (Å²) in [6.07, 6.45) is 2.00. The number of hydrogen-bond donors (Lipinski definition) is 0. The molecule has 0 bridgehead atoms. The summed E-state index contributed by atoms with van der Waals surface area (Å²) in [7, 11) is 1.64. The number of carbonyl (C=O) groups is 1. The first-order valence-electron chi connectivity index (χ1n) is 8.92. The highest BCUT2D eigenvalue weighted by molar-refractivity contribution is 7.98. The number of thioether (sulfide) groups is 1. The van der Waals surface area contributed by atoms with E-state index >= 15 is 0 Å². The van der Waals surface area contributed by atoms with Gasteiger partial charge in [-0.3, -0.25) is 4.79 Å². The van der Waals surface area contributed by atoms with E-state index in [-0.39, 0.29) is 5.91 Å². The third-order valence-corrected chi connectivity index (χ3v) is 7.21. The van der Waals surface area contributed by atoms with E-state index in [1.807, 2.05) is 47.6 Å². The zero-order valence-corrected chi connectivity index (χ0v) is 18.0. The molecule has 0 radical (unpaired) electrons. The van der Waals surface area contributed by atoms with Crippen molar-refractivity contribution in [3.63, 3.8) is 0 Å². The van der Waals surface area contributed by atoms with Gasteiger partial charge in [-0.25, -0.2) is 4.98 Å². The van der Waals surface area contributed by atoms with Crippen LogP contribution >= 0.6 is 34.7 Å². The summed E-state index contributed by atoms with van der Waals surface area (Å²) < 4.78 is 6.35. The van der Waals surface area contributed by atoms with Crippen molar-refractivity contribution in [1.29, 1.82) is 0 Å². The van der Waals surface area contributed by atoms with Crippen molar-refractivity contribution in [3.05, 3.63) is 47.0 Å². The van der Waals surface area contributed by atoms with Crippen molar-refractivity contribution >= 4 is 56.0 Å². The van der Waals surface area contributed by atoms with E-state index in [1.54, 1.807) is 30.2 Å². The number of piperazine rings is 1. The zero-order valence-electron chi connectivity index (χ0n) is 15.6. The first kappa shape index (κ1) is 19.4. The second-order valence-corrected chi connectivity index (χ2v) is 8.64. The number of anilines is 1. The van der Waals surface area contributed by atoms with E-state index in [4.69, 9.17) is 21.3 Å². The number of fused-ring (bicyclic) bond motifs is 1. The van der Waals surface area contributed by atoms with Crippen LogP contribution in [-0.2, 0) is 0 Å². The second kappa shape index (κ2) is 8.19. The van der Waals surface area contributed by atoms with Crippen LogP contribution in [0, 0.1) is 0 Å². The third kappa shape index (κ3) is 3.54. The molecule has 28 heavy (non-hydrogen) atoms. The fourth-order valence-electron chi connectivity index (χ4n) is 3.33. The maximum atomic E-state index is 12.9. The Balaban J connectivity index is 1.51. The van der Waals surface area contributed by atoms with Crippen LogP contribution in [0.25, 0.3) is 10.2 Å². The minimum absolute atomic E-state index is 0.0959. The van der Waals surface area contributed by atoms with E-state index in [9.17, 15) is 4.79 Å². The van der Waals surface area contributed by atoms with Crippen LogP contribution in [0.15, 0.2) is 41.3 Å². The molecule has 1 amide bonds. The maximum Gasteiger partial charge on any atom is 0.255 e. The summed E-state index contributed by atoms with van der Waals surface area (Å²) in [5, 5.41) is 1.60. The van der Waals surface area contributed by atoms with Crippen LogP contribution in [0.4, 0.5) is 5.13 Å². The lowest BCUT2D eigenvalue weighted by Gasteiger charge is -2.34. The number of benzene rings is 2. The Labute approximate surface area is 177 Å². The molecular formula is C20H20ClN3O2S2. The van der Waals surface area contributed by atoms with Crippen molar-refractivity contribution in [2.45, 2.75) is 4.90 Å².